The monoisotopic (exact) mass is 405 g/mol. The van der Waals surface area contributed by atoms with Crippen molar-refractivity contribution in [2.45, 2.75) is 18.2 Å². The molecule has 0 bridgehead atoms. The van der Waals surface area contributed by atoms with Gasteiger partial charge in [0.1, 0.15) is 5.75 Å². The van der Waals surface area contributed by atoms with Gasteiger partial charge in [0.15, 0.2) is 0 Å². The molecule has 0 aliphatic rings. The number of phenolic OH excluding ortho intramolecular Hbond substituents is 1. The Kier molecular flexibility index (Phi) is 7.13. The molecule has 2 amide bonds. The molecule has 150 valence electrons. The maximum Gasteiger partial charge on any atom is 0.251 e. The van der Waals surface area contributed by atoms with Gasteiger partial charge in [0.25, 0.3) is 11.8 Å². The second-order valence-electron chi connectivity index (χ2n) is 6.10. The van der Waals surface area contributed by atoms with Gasteiger partial charge in [-0.05, 0) is 56.3 Å². The highest BCUT2D eigenvalue weighted by Crippen LogP contribution is 2.15. The summed E-state index contributed by atoms with van der Waals surface area (Å²) in [7, 11) is -2.33. The van der Waals surface area contributed by atoms with Gasteiger partial charge in [-0.25, -0.2) is 13.1 Å². The van der Waals surface area contributed by atoms with E-state index in [1.807, 2.05) is 0 Å². The first-order chi connectivity index (χ1) is 13.2. The third-order valence-electron chi connectivity index (χ3n) is 4.07. The number of nitrogens with one attached hydrogen (secondary N) is 3. The molecule has 0 aromatic heterocycles. The Balaban J connectivity index is 1.86. The summed E-state index contributed by atoms with van der Waals surface area (Å²) in [6.45, 7) is 2.36. The minimum atomic E-state index is -3.63. The van der Waals surface area contributed by atoms with Crippen LogP contribution in [0.2, 0.25) is 0 Å². The van der Waals surface area contributed by atoms with E-state index in [0.717, 1.165) is 0 Å². The number of amides is 2. The van der Waals surface area contributed by atoms with E-state index < -0.39 is 10.0 Å². The first-order valence-corrected chi connectivity index (χ1v) is 10.1. The molecule has 0 fully saturated rings. The van der Waals surface area contributed by atoms with Crippen molar-refractivity contribution in [3.05, 3.63) is 59.2 Å². The molecule has 0 saturated heterocycles. The van der Waals surface area contributed by atoms with Crippen molar-refractivity contribution in [1.82, 2.24) is 15.4 Å². The Morgan fingerprint density at radius 1 is 1.00 bits per heavy atom. The summed E-state index contributed by atoms with van der Waals surface area (Å²) < 4.78 is 26.0. The summed E-state index contributed by atoms with van der Waals surface area (Å²) in [5, 5.41) is 14.8. The van der Waals surface area contributed by atoms with E-state index in [1.54, 1.807) is 25.1 Å². The van der Waals surface area contributed by atoms with Gasteiger partial charge in [-0.2, -0.15) is 0 Å². The Morgan fingerprint density at radius 3 is 2.32 bits per heavy atom. The van der Waals surface area contributed by atoms with Crippen molar-refractivity contribution in [2.75, 3.05) is 20.1 Å². The Morgan fingerprint density at radius 2 is 1.68 bits per heavy atom. The van der Waals surface area contributed by atoms with E-state index in [1.165, 1.54) is 31.3 Å². The SMILES string of the molecule is CNS(=O)(=O)c1ccc(C)c(C(=O)NCCCNC(=O)c2cccc(O)c2)c1. The van der Waals surface area contributed by atoms with Crippen molar-refractivity contribution >= 4 is 21.8 Å². The highest BCUT2D eigenvalue weighted by molar-refractivity contribution is 7.89. The van der Waals surface area contributed by atoms with Crippen LogP contribution in [0.15, 0.2) is 47.4 Å². The average Bonchev–Trinajstić information content (AvgIpc) is 2.67. The first-order valence-electron chi connectivity index (χ1n) is 8.64. The second kappa shape index (κ2) is 9.34. The highest BCUT2D eigenvalue weighted by Gasteiger charge is 2.16. The smallest absolute Gasteiger partial charge is 0.251 e. The summed E-state index contributed by atoms with van der Waals surface area (Å²) in [6.07, 6.45) is 0.490. The normalized spacial score (nSPS) is 11.1. The van der Waals surface area contributed by atoms with E-state index in [9.17, 15) is 23.1 Å². The third-order valence-corrected chi connectivity index (χ3v) is 5.48. The molecule has 0 unspecified atom stereocenters. The molecule has 0 radical (unpaired) electrons. The van der Waals surface area contributed by atoms with Crippen LogP contribution < -0.4 is 15.4 Å². The van der Waals surface area contributed by atoms with Crippen LogP contribution in [0, 0.1) is 6.92 Å². The molecular formula is C19H23N3O5S. The highest BCUT2D eigenvalue weighted by atomic mass is 32.2. The summed E-state index contributed by atoms with van der Waals surface area (Å²) in [5.41, 5.74) is 1.28. The van der Waals surface area contributed by atoms with Crippen LogP contribution in [0.5, 0.6) is 5.75 Å². The molecule has 0 aliphatic heterocycles. The molecule has 8 nitrogen and oxygen atoms in total. The lowest BCUT2D eigenvalue weighted by molar-refractivity contribution is 0.0951. The van der Waals surface area contributed by atoms with Crippen molar-refractivity contribution < 1.29 is 23.1 Å². The van der Waals surface area contributed by atoms with Gasteiger partial charge in [-0.15, -0.1) is 0 Å². The van der Waals surface area contributed by atoms with Crippen LogP contribution in [0.3, 0.4) is 0 Å². The molecule has 28 heavy (non-hydrogen) atoms. The maximum atomic E-state index is 12.3. The number of hydrogen-bond donors (Lipinski definition) is 4. The van der Waals surface area contributed by atoms with Gasteiger partial charge >= 0.3 is 0 Å². The summed E-state index contributed by atoms with van der Waals surface area (Å²) in [6, 6.07) is 10.4. The predicted molar refractivity (Wildman–Crippen MR) is 105 cm³/mol. The van der Waals surface area contributed by atoms with Gasteiger partial charge in [0.05, 0.1) is 4.90 Å². The van der Waals surface area contributed by atoms with Crippen LogP contribution in [-0.2, 0) is 10.0 Å². The molecule has 0 aliphatic carbocycles. The molecule has 0 saturated carbocycles. The lowest BCUT2D eigenvalue weighted by Crippen LogP contribution is -2.30. The molecule has 0 heterocycles. The zero-order chi connectivity index (χ0) is 20.7. The number of aromatic hydroxyl groups is 1. The molecular weight excluding hydrogens is 382 g/mol. The van der Waals surface area contributed by atoms with Crippen molar-refractivity contribution in [1.29, 1.82) is 0 Å². The van der Waals surface area contributed by atoms with Crippen molar-refractivity contribution in [2.24, 2.45) is 0 Å². The van der Waals surface area contributed by atoms with Crippen LogP contribution in [0.25, 0.3) is 0 Å². The van der Waals surface area contributed by atoms with E-state index in [2.05, 4.69) is 15.4 Å². The second-order valence-corrected chi connectivity index (χ2v) is 7.99. The minimum absolute atomic E-state index is 0.0119. The molecule has 0 spiro atoms. The van der Waals surface area contributed by atoms with Gasteiger partial charge in [0, 0.05) is 24.2 Å². The number of carbonyl (C=O) groups excluding carboxylic acids is 2. The van der Waals surface area contributed by atoms with Crippen LogP contribution in [0.1, 0.15) is 32.7 Å². The summed E-state index contributed by atoms with van der Waals surface area (Å²) >= 11 is 0. The maximum absolute atomic E-state index is 12.3. The summed E-state index contributed by atoms with van der Waals surface area (Å²) in [5.74, 6) is -0.689. The van der Waals surface area contributed by atoms with Gasteiger partial charge < -0.3 is 15.7 Å². The standard InChI is InChI=1S/C19H23N3O5S/c1-13-7-8-16(28(26,27)20-2)12-17(13)19(25)22-10-4-9-21-18(24)14-5-3-6-15(23)11-14/h3,5-8,11-12,20,23H,4,9-10H2,1-2H3,(H,21,24)(H,22,25). The molecule has 9 heteroatoms. The van der Waals surface area contributed by atoms with Crippen molar-refractivity contribution in [3.8, 4) is 5.75 Å². The number of sulfonamides is 1. The number of benzene rings is 2. The number of phenols is 1. The molecule has 2 aromatic rings. The molecule has 2 aromatic carbocycles. The largest absolute Gasteiger partial charge is 0.508 e. The lowest BCUT2D eigenvalue weighted by Gasteiger charge is -2.10. The van der Waals surface area contributed by atoms with E-state index in [-0.39, 0.29) is 28.0 Å². The predicted octanol–water partition coefficient (Wildman–Crippen LogP) is 1.16. The Hall–Kier alpha value is -2.91. The minimum Gasteiger partial charge on any atom is -0.508 e. The fraction of sp³-hybridized carbons (Fsp3) is 0.263. The number of rotatable bonds is 8. The van der Waals surface area contributed by atoms with Gasteiger partial charge in [0.2, 0.25) is 10.0 Å². The van der Waals surface area contributed by atoms with Gasteiger partial charge in [-0.3, -0.25) is 9.59 Å². The van der Waals surface area contributed by atoms with E-state index in [4.69, 9.17) is 0 Å². The zero-order valence-corrected chi connectivity index (χ0v) is 16.5. The number of carbonyl (C=O) groups is 2. The first kappa shape index (κ1) is 21.4. The van der Waals surface area contributed by atoms with Crippen LogP contribution >= 0.6 is 0 Å². The number of aryl methyl sites for hydroxylation is 1. The Labute approximate surface area is 164 Å². The lowest BCUT2D eigenvalue weighted by atomic mass is 10.1. The molecule has 4 N–H and O–H groups in total. The Bertz CT molecular complexity index is 973. The molecule has 2 rings (SSSR count). The third kappa shape index (κ3) is 5.54. The van der Waals surface area contributed by atoms with Gasteiger partial charge in [-0.1, -0.05) is 12.1 Å². The summed E-state index contributed by atoms with van der Waals surface area (Å²) in [4.78, 5) is 24.3. The number of hydrogen-bond acceptors (Lipinski definition) is 5. The van der Waals surface area contributed by atoms with Crippen molar-refractivity contribution in [3.63, 3.8) is 0 Å². The van der Waals surface area contributed by atoms with E-state index >= 15 is 0 Å². The zero-order valence-electron chi connectivity index (χ0n) is 15.7. The topological polar surface area (TPSA) is 125 Å². The molecule has 0 atom stereocenters. The quantitative estimate of drug-likeness (QED) is 0.491. The average molecular weight is 405 g/mol. The fourth-order valence-corrected chi connectivity index (χ4v) is 3.22. The van der Waals surface area contributed by atoms with Crippen LogP contribution in [0.4, 0.5) is 0 Å². The van der Waals surface area contributed by atoms with E-state index in [0.29, 0.717) is 30.6 Å². The van der Waals surface area contributed by atoms with Crippen LogP contribution in [-0.4, -0.2) is 45.5 Å². The fourth-order valence-electron chi connectivity index (χ4n) is 2.47.